The van der Waals surface area contributed by atoms with Gasteiger partial charge in [-0.05, 0) is 16.5 Å². The fourth-order valence-corrected chi connectivity index (χ4v) is 2.59. The number of halogens is 1. The Kier molecular flexibility index (Phi) is 7.92. The normalized spacial score (nSPS) is 11.8. The topological polar surface area (TPSA) is 45.5 Å². The number of guanidine groups is 1. The van der Waals surface area contributed by atoms with Crippen molar-refractivity contribution in [1.82, 2.24) is 20.0 Å². The maximum Gasteiger partial charge on any atom is 0.193 e. The van der Waals surface area contributed by atoms with Crippen LogP contribution >= 0.6 is 24.0 Å². The van der Waals surface area contributed by atoms with Crippen molar-refractivity contribution in [2.75, 3.05) is 14.1 Å². The molecule has 138 valence electrons. The van der Waals surface area contributed by atoms with Gasteiger partial charge >= 0.3 is 0 Å². The highest BCUT2D eigenvalue weighted by atomic mass is 127. The van der Waals surface area contributed by atoms with Gasteiger partial charge in [-0.3, -0.25) is 9.67 Å². The monoisotopic (exact) mass is 455 g/mol. The lowest BCUT2D eigenvalue weighted by Gasteiger charge is -2.22. The molecule has 2 rings (SSSR count). The van der Waals surface area contributed by atoms with Gasteiger partial charge in [0.1, 0.15) is 0 Å². The van der Waals surface area contributed by atoms with Crippen molar-refractivity contribution in [3.63, 3.8) is 0 Å². The lowest BCUT2D eigenvalue weighted by atomic mass is 9.87. The molecule has 2 aromatic rings. The van der Waals surface area contributed by atoms with Gasteiger partial charge in [-0.25, -0.2) is 0 Å². The zero-order valence-electron chi connectivity index (χ0n) is 16.1. The van der Waals surface area contributed by atoms with Crippen molar-refractivity contribution in [2.45, 2.75) is 39.3 Å². The third-order valence-electron chi connectivity index (χ3n) is 4.02. The summed E-state index contributed by atoms with van der Waals surface area (Å²) in [6.07, 6.45) is 3.91. The Morgan fingerprint density at radius 2 is 1.84 bits per heavy atom. The van der Waals surface area contributed by atoms with Gasteiger partial charge in [-0.15, -0.1) is 24.0 Å². The van der Waals surface area contributed by atoms with Gasteiger partial charge in [0, 0.05) is 46.0 Å². The number of nitrogens with zero attached hydrogens (tertiary/aromatic N) is 4. The Bertz CT molecular complexity index is 683. The van der Waals surface area contributed by atoms with Crippen LogP contribution in [0.15, 0.2) is 41.7 Å². The molecule has 1 aromatic heterocycles. The second-order valence-electron chi connectivity index (χ2n) is 7.23. The van der Waals surface area contributed by atoms with Gasteiger partial charge < -0.3 is 10.2 Å². The van der Waals surface area contributed by atoms with Crippen LogP contribution in [-0.4, -0.2) is 34.7 Å². The Hall–Kier alpha value is -1.57. The molecule has 0 bridgehead atoms. The summed E-state index contributed by atoms with van der Waals surface area (Å²) in [5.74, 6) is 0.874. The van der Waals surface area contributed by atoms with E-state index in [1.54, 1.807) is 0 Å². The second-order valence-corrected chi connectivity index (χ2v) is 7.23. The van der Waals surface area contributed by atoms with Gasteiger partial charge in [0.15, 0.2) is 5.96 Å². The Morgan fingerprint density at radius 1 is 1.20 bits per heavy atom. The van der Waals surface area contributed by atoms with Crippen molar-refractivity contribution >= 4 is 29.9 Å². The Balaban J connectivity index is 0.00000312. The van der Waals surface area contributed by atoms with Crippen molar-refractivity contribution in [2.24, 2.45) is 12.0 Å². The first kappa shape index (κ1) is 21.5. The fourth-order valence-electron chi connectivity index (χ4n) is 2.59. The van der Waals surface area contributed by atoms with Gasteiger partial charge in [0.05, 0.1) is 6.20 Å². The third kappa shape index (κ3) is 6.34. The summed E-state index contributed by atoms with van der Waals surface area (Å²) in [7, 11) is 5.77. The second kappa shape index (κ2) is 9.22. The molecule has 1 N–H and O–H groups in total. The molecule has 6 heteroatoms. The summed E-state index contributed by atoms with van der Waals surface area (Å²) in [4.78, 5) is 6.46. The molecule has 0 radical (unpaired) electrons. The van der Waals surface area contributed by atoms with Crippen LogP contribution in [0.25, 0.3) is 0 Å². The zero-order chi connectivity index (χ0) is 17.7. The van der Waals surface area contributed by atoms with E-state index >= 15 is 0 Å². The molecule has 0 unspecified atom stereocenters. The minimum absolute atomic E-state index is 0. The van der Waals surface area contributed by atoms with Gasteiger partial charge in [0.25, 0.3) is 0 Å². The van der Waals surface area contributed by atoms with E-state index in [9.17, 15) is 0 Å². The van der Waals surface area contributed by atoms with Crippen LogP contribution in [0.4, 0.5) is 0 Å². The highest BCUT2D eigenvalue weighted by molar-refractivity contribution is 14.0. The standard InChI is InChI=1S/C19H29N5.HI/c1-19(2,3)17-9-7-15(8-10-17)11-21-18(20-4)23(5)13-16-12-22-24(6)14-16;/h7-10,12,14H,11,13H2,1-6H3,(H,20,21);1H. The first-order valence-corrected chi connectivity index (χ1v) is 8.28. The predicted octanol–water partition coefficient (Wildman–Crippen LogP) is 3.54. The molecule has 0 aliphatic rings. The predicted molar refractivity (Wildman–Crippen MR) is 115 cm³/mol. The van der Waals surface area contributed by atoms with Crippen LogP contribution in [0, 0.1) is 0 Å². The molecule has 0 aliphatic carbocycles. The number of hydrogen-bond donors (Lipinski definition) is 1. The van der Waals surface area contributed by atoms with E-state index in [1.165, 1.54) is 11.1 Å². The Labute approximate surface area is 168 Å². The summed E-state index contributed by atoms with van der Waals surface area (Å²) < 4.78 is 1.82. The number of benzene rings is 1. The molecule has 0 amide bonds. The van der Waals surface area contributed by atoms with Crippen LogP contribution in [0.1, 0.15) is 37.5 Å². The number of aryl methyl sites for hydroxylation is 1. The number of hydrogen-bond acceptors (Lipinski definition) is 2. The number of aliphatic imine (C=N–C) groups is 1. The third-order valence-corrected chi connectivity index (χ3v) is 4.02. The molecular formula is C19H30IN5. The molecule has 0 saturated heterocycles. The summed E-state index contributed by atoms with van der Waals surface area (Å²) in [6, 6.07) is 8.78. The largest absolute Gasteiger partial charge is 0.352 e. The first-order valence-electron chi connectivity index (χ1n) is 8.28. The van der Waals surface area contributed by atoms with Gasteiger partial charge in [-0.1, -0.05) is 45.0 Å². The van der Waals surface area contributed by atoms with E-state index < -0.39 is 0 Å². The molecule has 5 nitrogen and oxygen atoms in total. The smallest absolute Gasteiger partial charge is 0.193 e. The summed E-state index contributed by atoms with van der Waals surface area (Å²) in [5, 5.41) is 7.63. The van der Waals surface area contributed by atoms with E-state index in [0.717, 1.165) is 24.6 Å². The van der Waals surface area contributed by atoms with E-state index in [-0.39, 0.29) is 29.4 Å². The first-order chi connectivity index (χ1) is 11.3. The fraction of sp³-hybridized carbons (Fsp3) is 0.474. The van der Waals surface area contributed by atoms with Crippen LogP contribution in [0.3, 0.4) is 0 Å². The van der Waals surface area contributed by atoms with Crippen LogP contribution in [-0.2, 0) is 25.6 Å². The van der Waals surface area contributed by atoms with Crippen LogP contribution in [0.2, 0.25) is 0 Å². The van der Waals surface area contributed by atoms with Crippen molar-refractivity contribution in [3.05, 3.63) is 53.3 Å². The summed E-state index contributed by atoms with van der Waals surface area (Å²) in [5.41, 5.74) is 3.95. The van der Waals surface area contributed by atoms with Crippen LogP contribution < -0.4 is 5.32 Å². The lowest BCUT2D eigenvalue weighted by Crippen LogP contribution is -2.38. The van der Waals surface area contributed by atoms with Crippen LogP contribution in [0.5, 0.6) is 0 Å². The molecule has 0 atom stereocenters. The van der Waals surface area contributed by atoms with Crippen molar-refractivity contribution in [1.29, 1.82) is 0 Å². The van der Waals surface area contributed by atoms with E-state index in [4.69, 9.17) is 0 Å². The van der Waals surface area contributed by atoms with E-state index in [2.05, 4.69) is 65.3 Å². The molecule has 1 heterocycles. The average Bonchev–Trinajstić information content (AvgIpc) is 2.92. The van der Waals surface area contributed by atoms with Gasteiger partial charge in [0.2, 0.25) is 0 Å². The van der Waals surface area contributed by atoms with Crippen molar-refractivity contribution < 1.29 is 0 Å². The van der Waals surface area contributed by atoms with E-state index in [1.807, 2.05) is 38.2 Å². The SMILES string of the molecule is CN=C(NCc1ccc(C(C)(C)C)cc1)N(C)Cc1cnn(C)c1.I. The number of nitrogens with one attached hydrogen (secondary N) is 1. The Morgan fingerprint density at radius 3 is 2.32 bits per heavy atom. The minimum Gasteiger partial charge on any atom is -0.352 e. The molecule has 0 fully saturated rings. The average molecular weight is 455 g/mol. The highest BCUT2D eigenvalue weighted by Crippen LogP contribution is 2.22. The molecule has 0 spiro atoms. The molecular weight excluding hydrogens is 425 g/mol. The summed E-state index contributed by atoms with van der Waals surface area (Å²) in [6.45, 7) is 8.23. The molecule has 1 aromatic carbocycles. The minimum atomic E-state index is 0. The van der Waals surface area contributed by atoms with Crippen molar-refractivity contribution in [3.8, 4) is 0 Å². The van der Waals surface area contributed by atoms with E-state index in [0.29, 0.717) is 0 Å². The lowest BCUT2D eigenvalue weighted by molar-refractivity contribution is 0.476. The zero-order valence-corrected chi connectivity index (χ0v) is 18.4. The summed E-state index contributed by atoms with van der Waals surface area (Å²) >= 11 is 0. The molecule has 0 aliphatic heterocycles. The number of rotatable bonds is 4. The maximum atomic E-state index is 4.37. The molecule has 25 heavy (non-hydrogen) atoms. The number of aromatic nitrogens is 2. The molecule has 0 saturated carbocycles. The quantitative estimate of drug-likeness (QED) is 0.436. The highest BCUT2D eigenvalue weighted by Gasteiger charge is 2.13. The maximum absolute atomic E-state index is 4.37. The van der Waals surface area contributed by atoms with Gasteiger partial charge in [-0.2, -0.15) is 5.10 Å².